The van der Waals surface area contributed by atoms with Crippen LogP contribution in [0, 0.1) is 6.92 Å². The van der Waals surface area contributed by atoms with E-state index in [1.165, 1.54) is 11.1 Å². The summed E-state index contributed by atoms with van der Waals surface area (Å²) in [7, 11) is 0. The monoisotopic (exact) mass is 268 g/mol. The van der Waals surface area contributed by atoms with Crippen molar-refractivity contribution in [3.05, 3.63) is 65.7 Å². The van der Waals surface area contributed by atoms with Crippen molar-refractivity contribution in [3.8, 4) is 0 Å². The summed E-state index contributed by atoms with van der Waals surface area (Å²) in [5.74, 6) is 0.0348. The molecule has 0 aliphatic rings. The predicted octanol–water partition coefficient (Wildman–Crippen LogP) is 3.11. The Kier molecular flexibility index (Phi) is 5.33. The highest BCUT2D eigenvalue weighted by molar-refractivity contribution is 5.90. The van der Waals surface area contributed by atoms with Crippen LogP contribution < -0.4 is 10.6 Å². The van der Waals surface area contributed by atoms with E-state index in [1.54, 1.807) is 0 Å². The first-order chi connectivity index (χ1) is 9.74. The minimum atomic E-state index is 0.0348. The van der Waals surface area contributed by atoms with Gasteiger partial charge in [0, 0.05) is 25.2 Å². The second-order valence-corrected chi connectivity index (χ2v) is 4.83. The summed E-state index contributed by atoms with van der Waals surface area (Å²) in [6.07, 6.45) is 0.473. The number of amides is 1. The molecule has 0 spiro atoms. The highest BCUT2D eigenvalue weighted by Gasteiger charge is 2.01. The number of benzene rings is 2. The Morgan fingerprint density at radius 1 is 1.00 bits per heavy atom. The molecule has 0 atom stereocenters. The van der Waals surface area contributed by atoms with Gasteiger partial charge in [0.15, 0.2) is 0 Å². The third-order valence-electron chi connectivity index (χ3n) is 3.04. The Bertz CT molecular complexity index is 535. The summed E-state index contributed by atoms with van der Waals surface area (Å²) in [6, 6.07) is 17.9. The smallest absolute Gasteiger partial charge is 0.225 e. The number of carbonyl (C=O) groups excluding carboxylic acids is 1. The average molecular weight is 268 g/mol. The van der Waals surface area contributed by atoms with E-state index in [1.807, 2.05) is 30.3 Å². The van der Waals surface area contributed by atoms with Crippen LogP contribution in [0.15, 0.2) is 54.6 Å². The molecule has 20 heavy (non-hydrogen) atoms. The molecule has 0 aromatic heterocycles. The Labute approximate surface area is 120 Å². The van der Waals surface area contributed by atoms with Crippen molar-refractivity contribution in [3.63, 3.8) is 0 Å². The van der Waals surface area contributed by atoms with E-state index in [-0.39, 0.29) is 5.91 Å². The Morgan fingerprint density at radius 3 is 2.40 bits per heavy atom. The first-order valence-corrected chi connectivity index (χ1v) is 6.85. The van der Waals surface area contributed by atoms with Crippen molar-refractivity contribution in [2.24, 2.45) is 0 Å². The number of aryl methyl sites for hydroxylation is 1. The largest absolute Gasteiger partial charge is 0.326 e. The van der Waals surface area contributed by atoms with Gasteiger partial charge < -0.3 is 10.6 Å². The molecule has 2 aromatic rings. The van der Waals surface area contributed by atoms with Gasteiger partial charge in [-0.3, -0.25) is 4.79 Å². The maximum Gasteiger partial charge on any atom is 0.225 e. The van der Waals surface area contributed by atoms with E-state index in [0.29, 0.717) is 13.0 Å². The molecule has 0 bridgehead atoms. The highest BCUT2D eigenvalue weighted by Crippen LogP contribution is 2.05. The number of para-hydroxylation sites is 1. The van der Waals surface area contributed by atoms with Crippen LogP contribution in [0.4, 0.5) is 5.69 Å². The lowest BCUT2D eigenvalue weighted by molar-refractivity contribution is -0.116. The van der Waals surface area contributed by atoms with Crippen LogP contribution in [0.2, 0.25) is 0 Å². The first-order valence-electron chi connectivity index (χ1n) is 6.85. The number of rotatable bonds is 6. The van der Waals surface area contributed by atoms with Crippen molar-refractivity contribution >= 4 is 11.6 Å². The van der Waals surface area contributed by atoms with E-state index in [0.717, 1.165) is 12.2 Å². The number of hydrogen-bond acceptors (Lipinski definition) is 2. The third kappa shape index (κ3) is 4.86. The molecule has 3 nitrogen and oxygen atoms in total. The van der Waals surface area contributed by atoms with E-state index in [2.05, 4.69) is 41.8 Å². The van der Waals surface area contributed by atoms with Gasteiger partial charge in [-0.25, -0.2) is 0 Å². The molecule has 0 unspecified atom stereocenters. The molecule has 0 saturated carbocycles. The lowest BCUT2D eigenvalue weighted by atomic mass is 10.1. The van der Waals surface area contributed by atoms with Gasteiger partial charge in [0.25, 0.3) is 0 Å². The molecule has 2 N–H and O–H groups in total. The van der Waals surface area contributed by atoms with Crippen LogP contribution in [0.1, 0.15) is 17.5 Å². The van der Waals surface area contributed by atoms with Gasteiger partial charge in [0.2, 0.25) is 5.91 Å². The molecule has 0 fully saturated rings. The van der Waals surface area contributed by atoms with Crippen LogP contribution in [0.3, 0.4) is 0 Å². The van der Waals surface area contributed by atoms with Gasteiger partial charge in [0.05, 0.1) is 0 Å². The fourth-order valence-electron chi connectivity index (χ4n) is 1.89. The number of nitrogens with one attached hydrogen (secondary N) is 2. The standard InChI is InChI=1S/C17H20N2O/c1-14-7-9-15(10-8-14)13-18-12-11-17(20)19-16-5-3-2-4-6-16/h2-10,18H,11-13H2,1H3,(H,19,20). The van der Waals surface area contributed by atoms with E-state index < -0.39 is 0 Å². The third-order valence-corrected chi connectivity index (χ3v) is 3.04. The molecule has 0 radical (unpaired) electrons. The summed E-state index contributed by atoms with van der Waals surface area (Å²) < 4.78 is 0. The minimum Gasteiger partial charge on any atom is -0.326 e. The number of carbonyl (C=O) groups is 1. The normalized spacial score (nSPS) is 10.2. The van der Waals surface area contributed by atoms with Crippen molar-refractivity contribution in [1.29, 1.82) is 0 Å². The Hall–Kier alpha value is -2.13. The van der Waals surface area contributed by atoms with E-state index in [4.69, 9.17) is 0 Å². The van der Waals surface area contributed by atoms with Crippen LogP contribution in [-0.2, 0) is 11.3 Å². The zero-order chi connectivity index (χ0) is 14.2. The van der Waals surface area contributed by atoms with Gasteiger partial charge in [-0.15, -0.1) is 0 Å². The second-order valence-electron chi connectivity index (χ2n) is 4.83. The van der Waals surface area contributed by atoms with E-state index in [9.17, 15) is 4.79 Å². The maximum absolute atomic E-state index is 11.7. The minimum absolute atomic E-state index is 0.0348. The number of hydrogen-bond donors (Lipinski definition) is 2. The quantitative estimate of drug-likeness (QED) is 0.790. The fraction of sp³-hybridized carbons (Fsp3) is 0.235. The SMILES string of the molecule is Cc1ccc(CNCCC(=O)Nc2ccccc2)cc1. The molecule has 104 valence electrons. The molecular weight excluding hydrogens is 248 g/mol. The molecule has 0 aliphatic carbocycles. The predicted molar refractivity (Wildman–Crippen MR) is 82.6 cm³/mol. The van der Waals surface area contributed by atoms with Gasteiger partial charge >= 0.3 is 0 Å². The van der Waals surface area contributed by atoms with Gasteiger partial charge in [-0.1, -0.05) is 48.0 Å². The molecule has 2 rings (SSSR count). The molecule has 1 amide bonds. The first kappa shape index (κ1) is 14.3. The summed E-state index contributed by atoms with van der Waals surface area (Å²) in [5, 5.41) is 6.15. The summed E-state index contributed by atoms with van der Waals surface area (Å²) in [6.45, 7) is 3.54. The molecule has 0 saturated heterocycles. The van der Waals surface area contributed by atoms with Crippen LogP contribution in [0.25, 0.3) is 0 Å². The van der Waals surface area contributed by atoms with Gasteiger partial charge in [-0.2, -0.15) is 0 Å². The van der Waals surface area contributed by atoms with Crippen LogP contribution in [-0.4, -0.2) is 12.5 Å². The lowest BCUT2D eigenvalue weighted by Crippen LogP contribution is -2.21. The van der Waals surface area contributed by atoms with Crippen LogP contribution >= 0.6 is 0 Å². The second kappa shape index (κ2) is 7.46. The zero-order valence-corrected chi connectivity index (χ0v) is 11.7. The van der Waals surface area contributed by atoms with Crippen LogP contribution in [0.5, 0.6) is 0 Å². The Balaban J connectivity index is 1.66. The molecule has 0 aliphatic heterocycles. The maximum atomic E-state index is 11.7. The molecule has 0 heterocycles. The van der Waals surface area contributed by atoms with Gasteiger partial charge in [-0.05, 0) is 24.6 Å². The van der Waals surface area contributed by atoms with E-state index >= 15 is 0 Å². The molecule has 3 heteroatoms. The Morgan fingerprint density at radius 2 is 1.70 bits per heavy atom. The average Bonchev–Trinajstić information content (AvgIpc) is 2.46. The zero-order valence-electron chi connectivity index (χ0n) is 11.7. The summed E-state index contributed by atoms with van der Waals surface area (Å²) in [5.41, 5.74) is 3.34. The van der Waals surface area contributed by atoms with Gasteiger partial charge in [0.1, 0.15) is 0 Å². The van der Waals surface area contributed by atoms with Crippen molar-refractivity contribution in [2.75, 3.05) is 11.9 Å². The van der Waals surface area contributed by atoms with Crippen molar-refractivity contribution in [1.82, 2.24) is 5.32 Å². The molecular formula is C17H20N2O. The lowest BCUT2D eigenvalue weighted by Gasteiger charge is -2.07. The van der Waals surface area contributed by atoms with Crippen molar-refractivity contribution < 1.29 is 4.79 Å². The molecule has 2 aromatic carbocycles. The topological polar surface area (TPSA) is 41.1 Å². The number of anilines is 1. The fourth-order valence-corrected chi connectivity index (χ4v) is 1.89. The van der Waals surface area contributed by atoms with Crippen molar-refractivity contribution in [2.45, 2.75) is 19.9 Å². The summed E-state index contributed by atoms with van der Waals surface area (Å²) in [4.78, 5) is 11.7. The summed E-state index contributed by atoms with van der Waals surface area (Å²) >= 11 is 0. The highest BCUT2D eigenvalue weighted by atomic mass is 16.1.